The Bertz CT molecular complexity index is 460. The number of alkyl halides is 1. The van der Waals surface area contributed by atoms with Crippen molar-refractivity contribution in [2.75, 3.05) is 0 Å². The van der Waals surface area contributed by atoms with Crippen LogP contribution in [0.25, 0.3) is 0 Å². The average molecular weight is 292 g/mol. The lowest BCUT2D eigenvalue weighted by Gasteiger charge is -2.59. The summed E-state index contributed by atoms with van der Waals surface area (Å²) in [5, 5.41) is 0. The van der Waals surface area contributed by atoms with Gasteiger partial charge in [0.05, 0.1) is 0 Å². The first-order chi connectivity index (χ1) is 9.95. The molecule has 4 rings (SSSR count). The van der Waals surface area contributed by atoms with Gasteiger partial charge in [-0.05, 0) is 80.5 Å². The lowest BCUT2D eigenvalue weighted by molar-refractivity contribution is -0.140. The number of fused-ring (bicyclic) bond motifs is 5. The largest absolute Gasteiger partial charge is 0.299 e. The first-order valence-corrected chi connectivity index (χ1v) is 9.12. The molecule has 21 heavy (non-hydrogen) atoms. The number of halogens is 1. The fourth-order valence-corrected chi connectivity index (χ4v) is 6.98. The summed E-state index contributed by atoms with van der Waals surface area (Å²) in [7, 11) is 0. The number of rotatable bonds is 0. The van der Waals surface area contributed by atoms with Crippen LogP contribution < -0.4 is 0 Å². The molecule has 1 nitrogen and oxygen atoms in total. The molecule has 4 saturated carbocycles. The van der Waals surface area contributed by atoms with Crippen molar-refractivity contribution in [3.05, 3.63) is 0 Å². The zero-order chi connectivity index (χ0) is 14.8. The zero-order valence-corrected chi connectivity index (χ0v) is 13.5. The lowest BCUT2D eigenvalue weighted by Crippen LogP contribution is -2.53. The van der Waals surface area contributed by atoms with Crippen LogP contribution in [0, 0.1) is 34.5 Å². The summed E-state index contributed by atoms with van der Waals surface area (Å²) < 4.78 is 13.8. The molecule has 0 N–H and O–H groups in total. The number of Topliss-reactive ketones (excluding diaryl/α,β-unsaturated/α-hetero) is 1. The summed E-state index contributed by atoms with van der Waals surface area (Å²) >= 11 is 0. The fourth-order valence-electron chi connectivity index (χ4n) is 6.98. The highest BCUT2D eigenvalue weighted by molar-refractivity contribution is 5.87. The molecular weight excluding hydrogens is 263 g/mol. The van der Waals surface area contributed by atoms with Gasteiger partial charge in [-0.15, -0.1) is 0 Å². The van der Waals surface area contributed by atoms with Crippen molar-refractivity contribution >= 4 is 5.78 Å². The summed E-state index contributed by atoms with van der Waals surface area (Å²) in [6, 6.07) is 0. The van der Waals surface area contributed by atoms with Gasteiger partial charge in [0.15, 0.2) is 0 Å². The summed E-state index contributed by atoms with van der Waals surface area (Å²) in [4.78, 5) is 12.4. The summed E-state index contributed by atoms with van der Waals surface area (Å²) in [5.41, 5.74) is 0.347. The van der Waals surface area contributed by atoms with Crippen LogP contribution in [0.2, 0.25) is 0 Å². The molecule has 0 aromatic heterocycles. The number of hydrogen-bond acceptors (Lipinski definition) is 1. The molecule has 4 aliphatic rings. The molecule has 0 aromatic carbocycles. The van der Waals surface area contributed by atoms with Crippen LogP contribution >= 0.6 is 0 Å². The molecule has 5 unspecified atom stereocenters. The standard InChI is InChI=1S/C19H29FO/c1-18-9-7-13(20)11-12(18)3-4-14-15-5-6-17(21)19(15,2)10-8-16(14)18/h12-16H,3-11H2,1-2H3/t12-,13+,14?,15?,16?,18?,19?/m1/s1. The number of ketones is 1. The molecule has 4 fully saturated rings. The van der Waals surface area contributed by atoms with Gasteiger partial charge >= 0.3 is 0 Å². The van der Waals surface area contributed by atoms with Gasteiger partial charge < -0.3 is 0 Å². The Morgan fingerprint density at radius 2 is 1.81 bits per heavy atom. The SMILES string of the molecule is CC12CCC3C(CC[C@@H]4C[C@@H](F)CCC34C)C1CCC2=O. The van der Waals surface area contributed by atoms with Crippen LogP contribution in [-0.4, -0.2) is 12.0 Å². The Hall–Kier alpha value is -0.400. The first kappa shape index (κ1) is 14.2. The third-order valence-electron chi connectivity index (χ3n) is 8.31. The topological polar surface area (TPSA) is 17.1 Å². The molecule has 4 aliphatic carbocycles. The lowest BCUT2D eigenvalue weighted by atomic mass is 9.45. The van der Waals surface area contributed by atoms with Crippen molar-refractivity contribution in [3.63, 3.8) is 0 Å². The minimum absolute atomic E-state index is 0.0122. The van der Waals surface area contributed by atoms with E-state index >= 15 is 0 Å². The Morgan fingerprint density at radius 3 is 2.62 bits per heavy atom. The predicted octanol–water partition coefficient (Wildman–Crippen LogP) is 4.94. The van der Waals surface area contributed by atoms with Gasteiger partial charge in [-0.2, -0.15) is 0 Å². The number of hydrogen-bond donors (Lipinski definition) is 0. The molecular formula is C19H29FO. The van der Waals surface area contributed by atoms with E-state index in [2.05, 4.69) is 13.8 Å². The summed E-state index contributed by atoms with van der Waals surface area (Å²) in [6.45, 7) is 4.70. The second-order valence-corrected chi connectivity index (χ2v) is 8.95. The Balaban J connectivity index is 1.64. The average Bonchev–Trinajstić information content (AvgIpc) is 2.76. The Labute approximate surface area is 128 Å². The fraction of sp³-hybridized carbons (Fsp3) is 0.947. The first-order valence-electron chi connectivity index (χ1n) is 9.12. The van der Waals surface area contributed by atoms with Crippen LogP contribution in [0.5, 0.6) is 0 Å². The van der Waals surface area contributed by atoms with E-state index < -0.39 is 6.17 Å². The maximum absolute atomic E-state index is 13.8. The Morgan fingerprint density at radius 1 is 1.00 bits per heavy atom. The molecule has 0 heterocycles. The molecule has 0 bridgehead atoms. The van der Waals surface area contributed by atoms with E-state index in [9.17, 15) is 9.18 Å². The normalized spacial score (nSPS) is 56.5. The maximum Gasteiger partial charge on any atom is 0.139 e. The number of carbonyl (C=O) groups excluding carboxylic acids is 1. The monoisotopic (exact) mass is 292 g/mol. The molecule has 0 aromatic rings. The molecule has 0 amide bonds. The highest BCUT2D eigenvalue weighted by Gasteiger charge is 2.60. The second kappa shape index (κ2) is 4.55. The minimum atomic E-state index is -0.554. The zero-order valence-electron chi connectivity index (χ0n) is 13.5. The number of carbonyl (C=O) groups is 1. The summed E-state index contributed by atoms with van der Waals surface area (Å²) in [6.07, 6.45) is 8.83. The van der Waals surface area contributed by atoms with Gasteiger partial charge in [0.2, 0.25) is 0 Å². The van der Waals surface area contributed by atoms with E-state index in [0.29, 0.717) is 23.0 Å². The third kappa shape index (κ3) is 1.83. The van der Waals surface area contributed by atoms with Gasteiger partial charge in [0.1, 0.15) is 12.0 Å². The van der Waals surface area contributed by atoms with Gasteiger partial charge in [0.25, 0.3) is 0 Å². The van der Waals surface area contributed by atoms with Crippen molar-refractivity contribution in [3.8, 4) is 0 Å². The molecule has 0 spiro atoms. The van der Waals surface area contributed by atoms with Gasteiger partial charge in [-0.3, -0.25) is 4.79 Å². The van der Waals surface area contributed by atoms with Gasteiger partial charge in [-0.25, -0.2) is 4.39 Å². The minimum Gasteiger partial charge on any atom is -0.299 e. The van der Waals surface area contributed by atoms with Crippen LogP contribution in [0.3, 0.4) is 0 Å². The van der Waals surface area contributed by atoms with Crippen LogP contribution in [0.4, 0.5) is 4.39 Å². The molecule has 0 radical (unpaired) electrons. The summed E-state index contributed by atoms with van der Waals surface area (Å²) in [5.74, 6) is 3.26. The van der Waals surface area contributed by atoms with Crippen molar-refractivity contribution < 1.29 is 9.18 Å². The van der Waals surface area contributed by atoms with E-state index in [0.717, 1.165) is 50.4 Å². The predicted molar refractivity (Wildman–Crippen MR) is 81.6 cm³/mol. The molecule has 2 heteroatoms. The van der Waals surface area contributed by atoms with E-state index in [-0.39, 0.29) is 5.41 Å². The molecule has 118 valence electrons. The third-order valence-corrected chi connectivity index (χ3v) is 8.31. The van der Waals surface area contributed by atoms with Crippen molar-refractivity contribution in [1.82, 2.24) is 0 Å². The van der Waals surface area contributed by atoms with Crippen molar-refractivity contribution in [2.45, 2.75) is 77.8 Å². The smallest absolute Gasteiger partial charge is 0.139 e. The van der Waals surface area contributed by atoms with Crippen LogP contribution in [0.1, 0.15) is 71.6 Å². The molecule has 0 aliphatic heterocycles. The highest BCUT2D eigenvalue weighted by atomic mass is 19.1. The quantitative estimate of drug-likeness (QED) is 0.618. The molecule has 0 saturated heterocycles. The van der Waals surface area contributed by atoms with Gasteiger partial charge in [0, 0.05) is 11.8 Å². The maximum atomic E-state index is 13.8. The van der Waals surface area contributed by atoms with E-state index in [1.165, 1.54) is 19.3 Å². The molecule has 7 atom stereocenters. The van der Waals surface area contributed by atoms with Crippen LogP contribution in [0.15, 0.2) is 0 Å². The van der Waals surface area contributed by atoms with Crippen LogP contribution in [-0.2, 0) is 4.79 Å². The highest BCUT2D eigenvalue weighted by Crippen LogP contribution is 2.65. The van der Waals surface area contributed by atoms with Crippen molar-refractivity contribution in [2.24, 2.45) is 34.5 Å². The van der Waals surface area contributed by atoms with Gasteiger partial charge in [-0.1, -0.05) is 13.8 Å². The van der Waals surface area contributed by atoms with Crippen molar-refractivity contribution in [1.29, 1.82) is 0 Å². The van der Waals surface area contributed by atoms with E-state index in [4.69, 9.17) is 0 Å². The van der Waals surface area contributed by atoms with E-state index in [1.54, 1.807) is 0 Å². The Kier molecular flexibility index (Phi) is 3.08. The second-order valence-electron chi connectivity index (χ2n) is 8.95. The van der Waals surface area contributed by atoms with E-state index in [1.807, 2.05) is 0 Å².